The van der Waals surface area contributed by atoms with Gasteiger partial charge in [0, 0.05) is 52.4 Å². The number of anilines is 2. The van der Waals surface area contributed by atoms with Crippen LogP contribution in [0.3, 0.4) is 0 Å². The van der Waals surface area contributed by atoms with Gasteiger partial charge in [0.15, 0.2) is 11.5 Å². The average molecular weight is 649 g/mol. The Hall–Kier alpha value is -3.53. The van der Waals surface area contributed by atoms with Crippen molar-refractivity contribution in [2.75, 3.05) is 64.1 Å². The molecule has 16 heteroatoms. The number of carbonyl (C=O) groups is 1. The Kier molecular flexibility index (Phi) is 8.79. The third-order valence-electron chi connectivity index (χ3n) is 7.10. The summed E-state index contributed by atoms with van der Waals surface area (Å²) in [4.78, 5) is 39.1. The van der Waals surface area contributed by atoms with Crippen LogP contribution in [0.25, 0.3) is 16.7 Å². The maximum atomic E-state index is 13.3. The lowest BCUT2D eigenvalue weighted by Gasteiger charge is -2.31. The van der Waals surface area contributed by atoms with Crippen molar-refractivity contribution < 1.29 is 13.2 Å². The SMILES string of the molecule is CN1CCN(CC(=O)Nc2ccc(Cc3nc4c(c(N(C)C)nn4-c4c(Cl)cc(S(N)(=O)=O)cc4Cl)c(=O)[nH]3)cc2)CC1. The Balaban J connectivity index is 1.42. The van der Waals surface area contributed by atoms with Crippen molar-refractivity contribution in [1.82, 2.24) is 29.5 Å². The molecule has 1 amide bonds. The Morgan fingerprint density at radius 3 is 2.30 bits per heavy atom. The maximum Gasteiger partial charge on any atom is 0.264 e. The molecule has 4 aromatic rings. The number of aromatic amines is 1. The van der Waals surface area contributed by atoms with E-state index in [0.29, 0.717) is 23.9 Å². The van der Waals surface area contributed by atoms with E-state index < -0.39 is 15.6 Å². The van der Waals surface area contributed by atoms with Crippen molar-refractivity contribution in [3.8, 4) is 5.69 Å². The summed E-state index contributed by atoms with van der Waals surface area (Å²) in [5.74, 6) is 0.590. The summed E-state index contributed by atoms with van der Waals surface area (Å²) in [6.45, 7) is 3.92. The Morgan fingerprint density at radius 2 is 1.72 bits per heavy atom. The Bertz CT molecular complexity index is 1830. The number of rotatable bonds is 8. The molecule has 0 unspecified atom stereocenters. The number of H-pyrrole nitrogens is 1. The number of likely N-dealkylation sites (N-methyl/N-ethyl adjacent to an activating group) is 1. The number of hydrogen-bond donors (Lipinski definition) is 3. The molecule has 0 aliphatic carbocycles. The van der Waals surface area contributed by atoms with Crippen LogP contribution < -0.4 is 20.9 Å². The van der Waals surface area contributed by atoms with Gasteiger partial charge in [-0.25, -0.2) is 23.2 Å². The summed E-state index contributed by atoms with van der Waals surface area (Å²) >= 11 is 12.9. The lowest BCUT2D eigenvalue weighted by molar-refractivity contribution is -0.117. The fourth-order valence-electron chi connectivity index (χ4n) is 4.82. The molecule has 0 saturated carbocycles. The van der Waals surface area contributed by atoms with E-state index in [-0.39, 0.29) is 44.0 Å². The molecular weight excluding hydrogens is 617 g/mol. The van der Waals surface area contributed by atoms with E-state index in [1.165, 1.54) is 16.8 Å². The Labute approximate surface area is 258 Å². The number of fused-ring (bicyclic) bond motifs is 1. The smallest absolute Gasteiger partial charge is 0.264 e. The van der Waals surface area contributed by atoms with Crippen LogP contribution in [0.4, 0.5) is 11.5 Å². The van der Waals surface area contributed by atoms with E-state index >= 15 is 0 Å². The molecule has 1 fully saturated rings. The van der Waals surface area contributed by atoms with Gasteiger partial charge in [-0.1, -0.05) is 35.3 Å². The van der Waals surface area contributed by atoms with E-state index in [1.807, 2.05) is 12.1 Å². The minimum absolute atomic E-state index is 0.0416. The number of aromatic nitrogens is 4. The number of carbonyl (C=O) groups excluding carboxylic acids is 1. The highest BCUT2D eigenvalue weighted by molar-refractivity contribution is 7.89. The molecule has 2 aromatic carbocycles. The molecule has 3 heterocycles. The number of piperazine rings is 1. The molecule has 4 N–H and O–H groups in total. The van der Waals surface area contributed by atoms with Crippen LogP contribution in [0.2, 0.25) is 10.0 Å². The van der Waals surface area contributed by atoms with E-state index in [0.717, 1.165) is 31.7 Å². The van der Waals surface area contributed by atoms with Crippen molar-refractivity contribution >= 4 is 61.7 Å². The molecule has 5 rings (SSSR count). The van der Waals surface area contributed by atoms with Crippen molar-refractivity contribution in [3.63, 3.8) is 0 Å². The molecule has 0 atom stereocenters. The third kappa shape index (κ3) is 6.84. The van der Waals surface area contributed by atoms with Crippen molar-refractivity contribution in [2.45, 2.75) is 11.3 Å². The monoisotopic (exact) mass is 647 g/mol. The number of primary sulfonamides is 1. The zero-order chi connectivity index (χ0) is 31.1. The number of amides is 1. The lowest BCUT2D eigenvalue weighted by Crippen LogP contribution is -2.47. The number of sulfonamides is 1. The fourth-order valence-corrected chi connectivity index (χ4v) is 6.16. The van der Waals surface area contributed by atoms with Crippen LogP contribution in [-0.4, -0.2) is 97.7 Å². The number of nitrogens with one attached hydrogen (secondary N) is 2. The van der Waals surface area contributed by atoms with Crippen LogP contribution in [0.1, 0.15) is 11.4 Å². The second kappa shape index (κ2) is 12.2. The average Bonchev–Trinajstić information content (AvgIpc) is 3.30. The van der Waals surface area contributed by atoms with Gasteiger partial charge in [-0.05, 0) is 36.9 Å². The molecule has 1 saturated heterocycles. The van der Waals surface area contributed by atoms with E-state index in [1.54, 1.807) is 31.1 Å². The highest BCUT2D eigenvalue weighted by Crippen LogP contribution is 2.34. The summed E-state index contributed by atoms with van der Waals surface area (Å²) in [7, 11) is 1.44. The van der Waals surface area contributed by atoms with Gasteiger partial charge in [0.25, 0.3) is 5.56 Å². The molecular formula is C27H31Cl2N9O4S. The van der Waals surface area contributed by atoms with E-state index in [2.05, 4.69) is 37.2 Å². The van der Waals surface area contributed by atoms with E-state index in [9.17, 15) is 18.0 Å². The highest BCUT2D eigenvalue weighted by atomic mass is 35.5. The highest BCUT2D eigenvalue weighted by Gasteiger charge is 2.24. The number of benzene rings is 2. The van der Waals surface area contributed by atoms with E-state index in [4.69, 9.17) is 28.3 Å². The number of nitrogens with zero attached hydrogens (tertiary/aromatic N) is 6. The second-order valence-corrected chi connectivity index (χ2v) is 13.0. The second-order valence-electron chi connectivity index (χ2n) is 10.6. The van der Waals surface area contributed by atoms with Gasteiger partial charge >= 0.3 is 0 Å². The van der Waals surface area contributed by atoms with Gasteiger partial charge in [0.2, 0.25) is 15.9 Å². The van der Waals surface area contributed by atoms with Crippen LogP contribution in [-0.2, 0) is 21.2 Å². The van der Waals surface area contributed by atoms with Gasteiger partial charge in [-0.2, -0.15) is 0 Å². The van der Waals surface area contributed by atoms with Crippen molar-refractivity contribution in [1.29, 1.82) is 0 Å². The fraction of sp³-hybridized carbons (Fsp3) is 0.333. The number of halogens is 2. The molecule has 228 valence electrons. The molecule has 13 nitrogen and oxygen atoms in total. The first-order valence-corrected chi connectivity index (χ1v) is 15.6. The van der Waals surface area contributed by atoms with Gasteiger partial charge < -0.3 is 20.1 Å². The standard InChI is InChI=1S/C27H31Cl2N9O4S/c1-35(2)26-23-25(38(34-26)24-19(28)13-18(14-20(24)29)43(30,41)42)32-21(33-27(23)40)12-16-4-6-17(7-5-16)31-22(39)15-37-10-8-36(3)9-11-37/h4-7,13-14H,8-12,15H2,1-3H3,(H,31,39)(H2,30,41,42)(H,32,33,40). The third-order valence-corrected chi connectivity index (χ3v) is 8.56. The minimum Gasteiger partial charge on any atom is -0.361 e. The maximum absolute atomic E-state index is 13.3. The summed E-state index contributed by atoms with van der Waals surface area (Å²) in [5, 5.41) is 12.8. The summed E-state index contributed by atoms with van der Waals surface area (Å²) < 4.78 is 25.1. The first-order valence-electron chi connectivity index (χ1n) is 13.3. The Morgan fingerprint density at radius 1 is 1.09 bits per heavy atom. The normalized spacial score (nSPS) is 14.7. The lowest BCUT2D eigenvalue weighted by atomic mass is 10.1. The predicted molar refractivity (Wildman–Crippen MR) is 167 cm³/mol. The summed E-state index contributed by atoms with van der Waals surface area (Å²) in [6.07, 6.45) is 0.273. The van der Waals surface area contributed by atoms with Crippen LogP contribution >= 0.6 is 23.2 Å². The summed E-state index contributed by atoms with van der Waals surface area (Å²) in [6, 6.07) is 9.63. The first-order chi connectivity index (χ1) is 20.3. The largest absolute Gasteiger partial charge is 0.361 e. The number of hydrogen-bond acceptors (Lipinski definition) is 9. The van der Waals surface area contributed by atoms with Crippen molar-refractivity contribution in [2.24, 2.45) is 5.14 Å². The predicted octanol–water partition coefficient (Wildman–Crippen LogP) is 1.91. The van der Waals surface area contributed by atoms with Gasteiger partial charge in [-0.15, -0.1) is 5.10 Å². The molecule has 1 aliphatic rings. The molecule has 43 heavy (non-hydrogen) atoms. The van der Waals surface area contributed by atoms with Gasteiger partial charge in [-0.3, -0.25) is 14.5 Å². The minimum atomic E-state index is -4.07. The topological polar surface area (TPSA) is 163 Å². The quantitative estimate of drug-likeness (QED) is 0.259. The molecule has 0 spiro atoms. The van der Waals surface area contributed by atoms with Gasteiger partial charge in [0.1, 0.15) is 16.9 Å². The zero-order valence-corrected chi connectivity index (χ0v) is 26.1. The van der Waals surface area contributed by atoms with Crippen molar-refractivity contribution in [3.05, 3.63) is 68.2 Å². The van der Waals surface area contributed by atoms with Crippen LogP contribution in [0.15, 0.2) is 46.1 Å². The first kappa shape index (κ1) is 30.9. The number of nitrogens with two attached hydrogens (primary N) is 1. The van der Waals surface area contributed by atoms with Crippen LogP contribution in [0.5, 0.6) is 0 Å². The molecule has 2 aromatic heterocycles. The molecule has 0 radical (unpaired) electrons. The zero-order valence-electron chi connectivity index (χ0n) is 23.8. The molecule has 1 aliphatic heterocycles. The van der Waals surface area contributed by atoms with Crippen LogP contribution in [0, 0.1) is 0 Å². The molecule has 0 bridgehead atoms. The van der Waals surface area contributed by atoms with Gasteiger partial charge in [0.05, 0.1) is 21.5 Å². The summed E-state index contributed by atoms with van der Waals surface area (Å²) in [5.41, 5.74) is 1.42.